The van der Waals surface area contributed by atoms with Crippen LogP contribution in [0.15, 0.2) is 52.5 Å². The van der Waals surface area contributed by atoms with Crippen LogP contribution in [0.2, 0.25) is 0 Å². The van der Waals surface area contributed by atoms with Crippen LogP contribution in [0.5, 0.6) is 17.2 Å². The van der Waals surface area contributed by atoms with Crippen LogP contribution in [-0.4, -0.2) is 36.0 Å². The Balaban J connectivity index is 2.27. The standard InChI is InChI=1S/C16H18N2O5S/c1-21-14-10-9-12(15(22-2)16(14)23-3)11-17-18-24(19,20)13-7-5-4-6-8-13/h4-11,18H,1-3H3/b17-11-. The summed E-state index contributed by atoms with van der Waals surface area (Å²) in [5.74, 6) is 1.28. The van der Waals surface area contributed by atoms with Crippen molar-refractivity contribution in [2.45, 2.75) is 4.90 Å². The summed E-state index contributed by atoms with van der Waals surface area (Å²) in [5.41, 5.74) is 0.533. The highest BCUT2D eigenvalue weighted by Gasteiger charge is 2.15. The van der Waals surface area contributed by atoms with Crippen LogP contribution in [0.4, 0.5) is 0 Å². The molecule has 0 aliphatic carbocycles. The van der Waals surface area contributed by atoms with Crippen molar-refractivity contribution in [2.75, 3.05) is 21.3 Å². The first-order valence-corrected chi connectivity index (χ1v) is 8.40. The molecule has 0 amide bonds. The molecular weight excluding hydrogens is 332 g/mol. The molecule has 0 aromatic heterocycles. The van der Waals surface area contributed by atoms with Crippen molar-refractivity contribution in [2.24, 2.45) is 5.10 Å². The van der Waals surface area contributed by atoms with Crippen LogP contribution < -0.4 is 19.0 Å². The zero-order valence-electron chi connectivity index (χ0n) is 13.5. The van der Waals surface area contributed by atoms with Crippen molar-refractivity contribution in [3.05, 3.63) is 48.0 Å². The quantitative estimate of drug-likeness (QED) is 0.610. The number of nitrogens with one attached hydrogen (secondary N) is 1. The van der Waals surface area contributed by atoms with Gasteiger partial charge in [0.2, 0.25) is 5.75 Å². The first kappa shape index (κ1) is 17.6. The number of rotatable bonds is 7. The summed E-state index contributed by atoms with van der Waals surface area (Å²) in [6.45, 7) is 0. The molecule has 0 heterocycles. The van der Waals surface area contributed by atoms with Gasteiger partial charge in [0.15, 0.2) is 11.5 Å². The van der Waals surface area contributed by atoms with Crippen molar-refractivity contribution in [3.63, 3.8) is 0 Å². The predicted octanol–water partition coefficient (Wildman–Crippen LogP) is 2.02. The van der Waals surface area contributed by atoms with Gasteiger partial charge in [0, 0.05) is 5.56 Å². The number of ether oxygens (including phenoxy) is 3. The van der Waals surface area contributed by atoms with E-state index < -0.39 is 10.0 Å². The summed E-state index contributed by atoms with van der Waals surface area (Å²) in [4.78, 5) is 2.28. The molecule has 0 saturated carbocycles. The van der Waals surface area contributed by atoms with Gasteiger partial charge >= 0.3 is 0 Å². The van der Waals surface area contributed by atoms with E-state index in [2.05, 4.69) is 9.93 Å². The van der Waals surface area contributed by atoms with Crippen molar-refractivity contribution in [3.8, 4) is 17.2 Å². The third kappa shape index (κ3) is 3.77. The molecule has 1 N–H and O–H groups in total. The second-order valence-corrected chi connectivity index (χ2v) is 6.25. The maximum atomic E-state index is 12.1. The second kappa shape index (κ2) is 7.69. The average molecular weight is 350 g/mol. The number of hydrogen-bond acceptors (Lipinski definition) is 6. The van der Waals surface area contributed by atoms with Crippen LogP contribution in [0, 0.1) is 0 Å². The van der Waals surface area contributed by atoms with E-state index in [0.29, 0.717) is 22.8 Å². The lowest BCUT2D eigenvalue weighted by molar-refractivity contribution is 0.324. The van der Waals surface area contributed by atoms with Crippen molar-refractivity contribution < 1.29 is 22.6 Å². The van der Waals surface area contributed by atoms with E-state index in [1.165, 1.54) is 39.7 Å². The first-order chi connectivity index (χ1) is 11.5. The van der Waals surface area contributed by atoms with Crippen LogP contribution in [-0.2, 0) is 10.0 Å². The average Bonchev–Trinajstić information content (AvgIpc) is 2.61. The highest BCUT2D eigenvalue weighted by molar-refractivity contribution is 7.89. The molecule has 0 aliphatic rings. The van der Waals surface area contributed by atoms with Gasteiger partial charge in [-0.2, -0.15) is 13.5 Å². The predicted molar refractivity (Wildman–Crippen MR) is 90.5 cm³/mol. The fourth-order valence-corrected chi connectivity index (χ4v) is 2.86. The van der Waals surface area contributed by atoms with Crippen LogP contribution in [0.1, 0.15) is 5.56 Å². The number of methoxy groups -OCH3 is 3. The molecule has 0 saturated heterocycles. The number of hydrogen-bond donors (Lipinski definition) is 1. The molecule has 0 unspecified atom stereocenters. The lowest BCUT2D eigenvalue weighted by Crippen LogP contribution is -2.18. The van der Waals surface area contributed by atoms with E-state index in [1.807, 2.05) is 0 Å². The number of sulfonamides is 1. The smallest absolute Gasteiger partial charge is 0.276 e. The third-order valence-electron chi connectivity index (χ3n) is 3.16. The van der Waals surface area contributed by atoms with Crippen LogP contribution in [0.3, 0.4) is 0 Å². The van der Waals surface area contributed by atoms with Crippen molar-refractivity contribution in [1.29, 1.82) is 0 Å². The summed E-state index contributed by atoms with van der Waals surface area (Å²) in [6.07, 6.45) is 1.33. The summed E-state index contributed by atoms with van der Waals surface area (Å²) in [5, 5.41) is 3.79. The molecule has 8 heteroatoms. The van der Waals surface area contributed by atoms with Gasteiger partial charge in [-0.3, -0.25) is 0 Å². The molecule has 0 atom stereocenters. The molecule has 7 nitrogen and oxygen atoms in total. The Hall–Kier alpha value is -2.74. The fourth-order valence-electron chi connectivity index (χ4n) is 2.04. The van der Waals surface area contributed by atoms with Gasteiger partial charge in [-0.05, 0) is 24.3 Å². The maximum absolute atomic E-state index is 12.1. The Labute approximate surface area is 140 Å². The molecule has 2 aromatic carbocycles. The van der Waals surface area contributed by atoms with Gasteiger partial charge in [-0.15, -0.1) is 0 Å². The molecule has 2 rings (SSSR count). The summed E-state index contributed by atoms with van der Waals surface area (Å²) >= 11 is 0. The van der Waals surface area contributed by atoms with Gasteiger partial charge in [0.1, 0.15) is 0 Å². The van der Waals surface area contributed by atoms with E-state index >= 15 is 0 Å². The Morgan fingerprint density at radius 1 is 0.917 bits per heavy atom. The lowest BCUT2D eigenvalue weighted by atomic mass is 10.2. The summed E-state index contributed by atoms with van der Waals surface area (Å²) < 4.78 is 40.0. The van der Waals surface area contributed by atoms with Gasteiger partial charge < -0.3 is 14.2 Å². The molecule has 24 heavy (non-hydrogen) atoms. The molecule has 0 fully saturated rings. The highest BCUT2D eigenvalue weighted by atomic mass is 32.2. The number of nitrogens with zero attached hydrogens (tertiary/aromatic N) is 1. The van der Waals surface area contributed by atoms with Gasteiger partial charge in [0.05, 0.1) is 32.4 Å². The van der Waals surface area contributed by atoms with Crippen molar-refractivity contribution in [1.82, 2.24) is 4.83 Å². The van der Waals surface area contributed by atoms with Gasteiger partial charge in [0.25, 0.3) is 10.0 Å². The molecule has 128 valence electrons. The van der Waals surface area contributed by atoms with Crippen LogP contribution >= 0.6 is 0 Å². The van der Waals surface area contributed by atoms with E-state index in [-0.39, 0.29) is 4.90 Å². The fraction of sp³-hybridized carbons (Fsp3) is 0.188. The van der Waals surface area contributed by atoms with Crippen LogP contribution in [0.25, 0.3) is 0 Å². The molecular formula is C16H18N2O5S. The number of hydrazone groups is 1. The highest BCUT2D eigenvalue weighted by Crippen LogP contribution is 2.38. The topological polar surface area (TPSA) is 86.2 Å². The lowest BCUT2D eigenvalue weighted by Gasteiger charge is -2.13. The first-order valence-electron chi connectivity index (χ1n) is 6.92. The van der Waals surface area contributed by atoms with E-state index in [1.54, 1.807) is 30.3 Å². The molecule has 0 bridgehead atoms. The molecule has 0 radical (unpaired) electrons. The van der Waals surface area contributed by atoms with Gasteiger partial charge in [-0.1, -0.05) is 18.2 Å². The Bertz CT molecular complexity index is 820. The molecule has 2 aromatic rings. The molecule has 0 aliphatic heterocycles. The van der Waals surface area contributed by atoms with E-state index in [9.17, 15) is 8.42 Å². The largest absolute Gasteiger partial charge is 0.493 e. The third-order valence-corrected chi connectivity index (χ3v) is 4.40. The molecule has 0 spiro atoms. The second-order valence-electron chi connectivity index (χ2n) is 4.59. The van der Waals surface area contributed by atoms with E-state index in [4.69, 9.17) is 14.2 Å². The summed E-state index contributed by atoms with van der Waals surface area (Å²) in [6, 6.07) is 11.3. The van der Waals surface area contributed by atoms with E-state index in [0.717, 1.165) is 0 Å². The Morgan fingerprint density at radius 3 is 2.17 bits per heavy atom. The minimum absolute atomic E-state index is 0.126. The van der Waals surface area contributed by atoms with Crippen molar-refractivity contribution >= 4 is 16.2 Å². The normalized spacial score (nSPS) is 11.3. The Kier molecular flexibility index (Phi) is 5.64. The Morgan fingerprint density at radius 2 is 1.58 bits per heavy atom. The SMILES string of the molecule is COc1ccc(/C=N\NS(=O)(=O)c2ccccc2)c(OC)c1OC. The zero-order valence-corrected chi connectivity index (χ0v) is 14.3. The number of benzene rings is 2. The van der Waals surface area contributed by atoms with Gasteiger partial charge in [-0.25, -0.2) is 4.83 Å². The minimum atomic E-state index is -3.72. The summed E-state index contributed by atoms with van der Waals surface area (Å²) in [7, 11) is 0.750. The maximum Gasteiger partial charge on any atom is 0.276 e. The monoisotopic (exact) mass is 350 g/mol. The zero-order chi connectivity index (χ0) is 17.6. The minimum Gasteiger partial charge on any atom is -0.493 e.